The Kier molecular flexibility index (Phi) is 5.04. The number of hydrogen-bond donors (Lipinski definition) is 0. The lowest BCUT2D eigenvalue weighted by Crippen LogP contribution is -2.51. The average molecular weight is 384 g/mol. The molecular weight excluding hydrogens is 356 g/mol. The van der Waals surface area contributed by atoms with E-state index in [1.165, 1.54) is 0 Å². The molecule has 6 heteroatoms. The summed E-state index contributed by atoms with van der Waals surface area (Å²) in [6, 6.07) is 7.95. The minimum atomic E-state index is -0.684. The Morgan fingerprint density at radius 3 is 2.43 bits per heavy atom. The number of anilines is 1. The molecule has 1 spiro atoms. The van der Waals surface area contributed by atoms with Gasteiger partial charge in [0.2, 0.25) is 0 Å². The van der Waals surface area contributed by atoms with Crippen molar-refractivity contribution in [2.24, 2.45) is 0 Å². The molecule has 0 bridgehead atoms. The molecule has 1 aromatic carbocycles. The summed E-state index contributed by atoms with van der Waals surface area (Å²) in [6.07, 6.45) is 4.66. The Balaban J connectivity index is 1.50. The first kappa shape index (κ1) is 18.8. The summed E-state index contributed by atoms with van der Waals surface area (Å²) in [6.45, 7) is 4.46. The number of hydrogen-bond acceptors (Lipinski definition) is 5. The van der Waals surface area contributed by atoms with Crippen molar-refractivity contribution in [3.8, 4) is 5.75 Å². The summed E-state index contributed by atoms with van der Waals surface area (Å²) in [5.41, 5.74) is 1.48. The second kappa shape index (κ2) is 7.49. The van der Waals surface area contributed by atoms with Gasteiger partial charge in [0.05, 0.1) is 18.4 Å². The Hall–Kier alpha value is -2.50. The van der Waals surface area contributed by atoms with E-state index in [-0.39, 0.29) is 11.9 Å². The molecule has 0 radical (unpaired) electrons. The molecule has 0 N–H and O–H groups in total. The number of para-hydroxylation sites is 2. The van der Waals surface area contributed by atoms with Crippen LogP contribution in [0.25, 0.3) is 0 Å². The standard InChI is InChI=1S/C22H28N2O4/c1-16-19(22(28-21(16)26)10-6-3-7-11-22)20(25)24-14-12-23(13-15-24)17-8-4-5-9-18(17)27-2/h4-5,8-9H,3,6-7,10-15H2,1-2H3. The van der Waals surface area contributed by atoms with Gasteiger partial charge in [-0.2, -0.15) is 0 Å². The van der Waals surface area contributed by atoms with Crippen LogP contribution in [0, 0.1) is 0 Å². The van der Waals surface area contributed by atoms with Crippen LogP contribution in [0.15, 0.2) is 35.4 Å². The first-order valence-corrected chi connectivity index (χ1v) is 10.2. The molecule has 2 heterocycles. The second-order valence-corrected chi connectivity index (χ2v) is 7.90. The molecule has 4 rings (SSSR count). The van der Waals surface area contributed by atoms with E-state index in [0.717, 1.165) is 56.6 Å². The first-order valence-electron chi connectivity index (χ1n) is 10.2. The van der Waals surface area contributed by atoms with E-state index in [1.54, 1.807) is 14.0 Å². The molecular formula is C22H28N2O4. The molecule has 1 amide bonds. The van der Waals surface area contributed by atoms with Crippen molar-refractivity contribution in [3.63, 3.8) is 0 Å². The van der Waals surface area contributed by atoms with Crippen molar-refractivity contribution in [1.82, 2.24) is 4.90 Å². The highest BCUT2D eigenvalue weighted by molar-refractivity contribution is 6.07. The minimum absolute atomic E-state index is 0.0232. The zero-order chi connectivity index (χ0) is 19.7. The maximum Gasteiger partial charge on any atom is 0.335 e. The first-order chi connectivity index (χ1) is 13.6. The van der Waals surface area contributed by atoms with E-state index < -0.39 is 5.60 Å². The van der Waals surface area contributed by atoms with Gasteiger partial charge < -0.3 is 19.3 Å². The zero-order valence-corrected chi connectivity index (χ0v) is 16.7. The molecule has 150 valence electrons. The van der Waals surface area contributed by atoms with Gasteiger partial charge in [-0.05, 0) is 44.7 Å². The summed E-state index contributed by atoms with van der Waals surface area (Å²) >= 11 is 0. The Bertz CT molecular complexity index is 803. The van der Waals surface area contributed by atoms with Gasteiger partial charge in [0.25, 0.3) is 5.91 Å². The maximum absolute atomic E-state index is 13.4. The van der Waals surface area contributed by atoms with E-state index in [1.807, 2.05) is 29.2 Å². The third-order valence-electron chi connectivity index (χ3n) is 6.29. The largest absolute Gasteiger partial charge is 0.495 e. The van der Waals surface area contributed by atoms with Crippen LogP contribution in [-0.4, -0.2) is 55.7 Å². The van der Waals surface area contributed by atoms with Crippen molar-refractivity contribution in [2.75, 3.05) is 38.2 Å². The molecule has 1 aromatic rings. The Morgan fingerprint density at radius 1 is 1.07 bits per heavy atom. The lowest BCUT2D eigenvalue weighted by atomic mass is 9.78. The molecule has 2 aliphatic heterocycles. The zero-order valence-electron chi connectivity index (χ0n) is 16.7. The SMILES string of the molecule is COc1ccccc1N1CCN(C(=O)C2=C(C)C(=O)OC23CCCCC3)CC1. The van der Waals surface area contributed by atoms with Crippen molar-refractivity contribution >= 4 is 17.6 Å². The predicted octanol–water partition coefficient (Wildman–Crippen LogP) is 2.92. The van der Waals surface area contributed by atoms with Gasteiger partial charge in [-0.3, -0.25) is 4.79 Å². The van der Waals surface area contributed by atoms with Gasteiger partial charge in [0.15, 0.2) is 0 Å². The predicted molar refractivity (Wildman–Crippen MR) is 106 cm³/mol. The van der Waals surface area contributed by atoms with Crippen LogP contribution in [0.3, 0.4) is 0 Å². The smallest absolute Gasteiger partial charge is 0.335 e. The van der Waals surface area contributed by atoms with Crippen LogP contribution in [0.2, 0.25) is 0 Å². The number of amides is 1. The quantitative estimate of drug-likeness (QED) is 0.750. The van der Waals surface area contributed by atoms with Crippen LogP contribution in [0.1, 0.15) is 39.0 Å². The maximum atomic E-state index is 13.4. The van der Waals surface area contributed by atoms with Gasteiger partial charge in [-0.15, -0.1) is 0 Å². The van der Waals surface area contributed by atoms with E-state index in [2.05, 4.69) is 4.90 Å². The number of esters is 1. The molecule has 28 heavy (non-hydrogen) atoms. The average Bonchev–Trinajstić information content (AvgIpc) is 2.97. The summed E-state index contributed by atoms with van der Waals surface area (Å²) in [7, 11) is 1.68. The van der Waals surface area contributed by atoms with Gasteiger partial charge in [-0.25, -0.2) is 4.79 Å². The number of rotatable bonds is 3. The number of benzene rings is 1. The lowest BCUT2D eigenvalue weighted by molar-refractivity contribution is -0.150. The van der Waals surface area contributed by atoms with Crippen molar-refractivity contribution < 1.29 is 19.1 Å². The number of carbonyl (C=O) groups excluding carboxylic acids is 2. The van der Waals surface area contributed by atoms with Crippen LogP contribution >= 0.6 is 0 Å². The van der Waals surface area contributed by atoms with Crippen molar-refractivity contribution in [2.45, 2.75) is 44.6 Å². The number of ether oxygens (including phenoxy) is 2. The third-order valence-corrected chi connectivity index (χ3v) is 6.29. The molecule has 0 atom stereocenters. The van der Waals surface area contributed by atoms with Gasteiger partial charge in [0, 0.05) is 31.8 Å². The van der Waals surface area contributed by atoms with E-state index in [4.69, 9.17) is 9.47 Å². The van der Waals surface area contributed by atoms with E-state index >= 15 is 0 Å². The van der Waals surface area contributed by atoms with Crippen LogP contribution < -0.4 is 9.64 Å². The van der Waals surface area contributed by atoms with Crippen molar-refractivity contribution in [3.05, 3.63) is 35.4 Å². The molecule has 0 unspecified atom stereocenters. The Labute approximate surface area is 166 Å². The summed E-state index contributed by atoms with van der Waals surface area (Å²) in [5, 5.41) is 0. The normalized spacial score (nSPS) is 21.9. The molecule has 2 fully saturated rings. The molecule has 3 aliphatic rings. The number of nitrogens with zero attached hydrogens (tertiary/aromatic N) is 2. The fourth-order valence-electron chi connectivity index (χ4n) is 4.78. The Morgan fingerprint density at radius 2 is 1.75 bits per heavy atom. The third kappa shape index (κ3) is 3.15. The highest BCUT2D eigenvalue weighted by Crippen LogP contribution is 2.44. The fourth-order valence-corrected chi connectivity index (χ4v) is 4.78. The van der Waals surface area contributed by atoms with Gasteiger partial charge in [0.1, 0.15) is 11.4 Å². The highest BCUT2D eigenvalue weighted by Gasteiger charge is 2.50. The topological polar surface area (TPSA) is 59.1 Å². The highest BCUT2D eigenvalue weighted by atomic mass is 16.6. The van der Waals surface area contributed by atoms with E-state index in [0.29, 0.717) is 24.2 Å². The van der Waals surface area contributed by atoms with Crippen molar-refractivity contribution in [1.29, 1.82) is 0 Å². The summed E-state index contributed by atoms with van der Waals surface area (Å²) < 4.78 is 11.2. The van der Waals surface area contributed by atoms with Gasteiger partial charge >= 0.3 is 5.97 Å². The number of methoxy groups -OCH3 is 1. The van der Waals surface area contributed by atoms with Gasteiger partial charge in [-0.1, -0.05) is 18.6 Å². The van der Waals surface area contributed by atoms with Crippen LogP contribution in [0.4, 0.5) is 5.69 Å². The number of piperazine rings is 1. The van der Waals surface area contributed by atoms with E-state index in [9.17, 15) is 9.59 Å². The fraction of sp³-hybridized carbons (Fsp3) is 0.545. The van der Waals surface area contributed by atoms with Crippen LogP contribution in [0.5, 0.6) is 5.75 Å². The summed E-state index contributed by atoms with van der Waals surface area (Å²) in [5.74, 6) is 0.500. The molecule has 1 saturated heterocycles. The second-order valence-electron chi connectivity index (χ2n) is 7.90. The lowest BCUT2D eigenvalue weighted by Gasteiger charge is -2.39. The summed E-state index contributed by atoms with van der Waals surface area (Å²) in [4.78, 5) is 29.8. The number of carbonyl (C=O) groups is 2. The molecule has 6 nitrogen and oxygen atoms in total. The molecule has 1 saturated carbocycles. The molecule has 0 aromatic heterocycles. The minimum Gasteiger partial charge on any atom is -0.495 e. The molecule has 1 aliphatic carbocycles. The monoisotopic (exact) mass is 384 g/mol. The van der Waals surface area contributed by atoms with Crippen LogP contribution in [-0.2, 0) is 14.3 Å².